The summed E-state index contributed by atoms with van der Waals surface area (Å²) in [6.07, 6.45) is 6.67. The van der Waals surface area contributed by atoms with E-state index in [0.29, 0.717) is 43.1 Å². The highest BCUT2D eigenvalue weighted by molar-refractivity contribution is 7.89. The molecule has 2 fully saturated rings. The molecule has 1 atom stereocenters. The first-order chi connectivity index (χ1) is 20.4. The normalized spacial score (nSPS) is 18.7. The minimum atomic E-state index is -3.95. The van der Waals surface area contributed by atoms with Crippen molar-refractivity contribution in [1.82, 2.24) is 33.6 Å². The van der Waals surface area contributed by atoms with Gasteiger partial charge in [-0.1, -0.05) is 13.8 Å². The van der Waals surface area contributed by atoms with Gasteiger partial charge in [0.1, 0.15) is 11.2 Å². The maximum atomic E-state index is 14.2. The summed E-state index contributed by atoms with van der Waals surface area (Å²) in [5.41, 5.74) is 1.66. The first kappa shape index (κ1) is 29.3. The van der Waals surface area contributed by atoms with Crippen molar-refractivity contribution >= 4 is 38.2 Å². The van der Waals surface area contributed by atoms with Gasteiger partial charge in [-0.2, -0.15) is 10.2 Å². The number of carbonyl (C=O) groups is 1. The lowest BCUT2D eigenvalue weighted by atomic mass is 10.1. The number of rotatable bonds is 9. The van der Waals surface area contributed by atoms with Crippen molar-refractivity contribution in [3.05, 3.63) is 52.7 Å². The minimum absolute atomic E-state index is 0.0173. The zero-order chi connectivity index (χ0) is 30.7. The van der Waals surface area contributed by atoms with Crippen molar-refractivity contribution in [2.24, 2.45) is 13.0 Å². The van der Waals surface area contributed by atoms with Crippen molar-refractivity contribution in [3.63, 3.8) is 0 Å². The van der Waals surface area contributed by atoms with E-state index in [-0.39, 0.29) is 40.3 Å². The smallest absolute Gasteiger partial charge is 0.262 e. The van der Waals surface area contributed by atoms with Crippen molar-refractivity contribution < 1.29 is 17.9 Å². The van der Waals surface area contributed by atoms with Crippen LogP contribution in [0.5, 0.6) is 0 Å². The number of ether oxygens (including phenoxy) is 1. The van der Waals surface area contributed by atoms with Crippen LogP contribution in [0.3, 0.4) is 0 Å². The maximum Gasteiger partial charge on any atom is 0.262 e. The van der Waals surface area contributed by atoms with Crippen molar-refractivity contribution in [1.29, 1.82) is 0 Å². The van der Waals surface area contributed by atoms with Gasteiger partial charge in [-0.15, -0.1) is 0 Å². The summed E-state index contributed by atoms with van der Waals surface area (Å²) in [7, 11) is -0.542. The predicted molar refractivity (Wildman–Crippen MR) is 162 cm³/mol. The van der Waals surface area contributed by atoms with Crippen LogP contribution in [0.1, 0.15) is 39.2 Å². The summed E-state index contributed by atoms with van der Waals surface area (Å²) in [6.45, 7) is 7.46. The van der Waals surface area contributed by atoms with Gasteiger partial charge in [-0.05, 0) is 31.9 Å². The van der Waals surface area contributed by atoms with Gasteiger partial charge in [0.15, 0.2) is 0 Å². The van der Waals surface area contributed by atoms with Crippen molar-refractivity contribution in [2.45, 2.75) is 56.6 Å². The van der Waals surface area contributed by atoms with Gasteiger partial charge >= 0.3 is 0 Å². The molecule has 4 heterocycles. The average Bonchev–Trinajstić information content (AvgIpc) is 3.31. The molecule has 3 aromatic heterocycles. The van der Waals surface area contributed by atoms with Crippen LogP contribution in [0.15, 0.2) is 46.5 Å². The number of nitrogens with one attached hydrogen (secondary N) is 1. The van der Waals surface area contributed by atoms with Crippen LogP contribution in [0.25, 0.3) is 16.6 Å². The van der Waals surface area contributed by atoms with E-state index < -0.39 is 15.6 Å². The second-order valence-corrected chi connectivity index (χ2v) is 13.9. The Morgan fingerprint density at radius 1 is 1.21 bits per heavy atom. The summed E-state index contributed by atoms with van der Waals surface area (Å²) < 4.78 is 40.7. The summed E-state index contributed by atoms with van der Waals surface area (Å²) in [5, 5.41) is 9.06. The Morgan fingerprint density at radius 2 is 1.98 bits per heavy atom. The molecular weight excluding hydrogens is 572 g/mol. The molecule has 43 heavy (non-hydrogen) atoms. The van der Waals surface area contributed by atoms with Crippen LogP contribution in [-0.2, 0) is 33.1 Å². The predicted octanol–water partition coefficient (Wildman–Crippen LogP) is 1.58. The van der Waals surface area contributed by atoms with E-state index in [1.807, 2.05) is 43.8 Å². The van der Waals surface area contributed by atoms with Crippen molar-refractivity contribution in [2.75, 3.05) is 38.3 Å². The van der Waals surface area contributed by atoms with Gasteiger partial charge in [0.05, 0.1) is 47.6 Å². The Balaban J connectivity index is 1.54. The number of sulfonamides is 1. The first-order valence-electron chi connectivity index (χ1n) is 14.5. The summed E-state index contributed by atoms with van der Waals surface area (Å²) in [4.78, 5) is 31.2. The molecule has 0 radical (unpaired) electrons. The summed E-state index contributed by atoms with van der Waals surface area (Å²) in [5.74, 6) is -0.130. The highest BCUT2D eigenvalue weighted by atomic mass is 32.2. The lowest BCUT2D eigenvalue weighted by molar-refractivity contribution is -0.138. The fourth-order valence-electron chi connectivity index (χ4n) is 5.89. The van der Waals surface area contributed by atoms with Crippen molar-refractivity contribution in [3.8, 4) is 0 Å². The number of piperazine rings is 1. The number of aromatic nitrogens is 5. The van der Waals surface area contributed by atoms with Crippen LogP contribution >= 0.6 is 0 Å². The van der Waals surface area contributed by atoms with Gasteiger partial charge < -0.3 is 14.5 Å². The molecule has 1 saturated carbocycles. The van der Waals surface area contributed by atoms with Crippen LogP contribution in [0.4, 0.5) is 5.69 Å². The molecule has 1 aromatic carbocycles. The van der Waals surface area contributed by atoms with Gasteiger partial charge in [0.2, 0.25) is 15.9 Å². The highest BCUT2D eigenvalue weighted by Crippen LogP contribution is 2.37. The van der Waals surface area contributed by atoms with Crippen LogP contribution in [0, 0.1) is 5.92 Å². The maximum absolute atomic E-state index is 14.2. The van der Waals surface area contributed by atoms with Crippen LogP contribution in [0.2, 0.25) is 0 Å². The molecular formula is C29H38N8O5S. The Bertz CT molecular complexity index is 1870. The third kappa shape index (κ3) is 5.43. The number of carbonyl (C=O) groups excluding carboxylic acids is 1. The summed E-state index contributed by atoms with van der Waals surface area (Å²) >= 11 is 0. The third-order valence-corrected chi connectivity index (χ3v) is 10.0. The van der Waals surface area contributed by atoms with Gasteiger partial charge in [0, 0.05) is 63.1 Å². The van der Waals surface area contributed by atoms with Gasteiger partial charge in [-0.3, -0.25) is 18.8 Å². The molecule has 0 bridgehead atoms. The van der Waals surface area contributed by atoms with E-state index in [2.05, 4.69) is 14.9 Å². The quantitative estimate of drug-likeness (QED) is 0.302. The lowest BCUT2D eigenvalue weighted by Crippen LogP contribution is -2.58. The molecule has 1 N–H and O–H groups in total. The van der Waals surface area contributed by atoms with E-state index in [4.69, 9.17) is 4.74 Å². The number of methoxy groups -OCH3 is 1. The molecule has 14 heteroatoms. The molecule has 1 unspecified atom stereocenters. The zero-order valence-corrected chi connectivity index (χ0v) is 26.0. The molecule has 1 aliphatic carbocycles. The van der Waals surface area contributed by atoms with Gasteiger partial charge in [0.25, 0.3) is 5.56 Å². The molecule has 4 aromatic rings. The number of amides is 1. The number of nitrogens with zero attached hydrogens (tertiary/aromatic N) is 7. The fourth-order valence-corrected chi connectivity index (χ4v) is 7.40. The van der Waals surface area contributed by atoms with E-state index in [1.165, 1.54) is 6.07 Å². The number of anilines is 1. The molecule has 1 aliphatic heterocycles. The Labute approximate surface area is 250 Å². The standard InChI is InChI=1S/C29H38N8O5S/c1-19(2)27(38)35-11-10-34(17-21(35)18-42-5)24-13-22(43(40,41)32-29(3)7-8-29)12-23-26(24)37-25(6-9-30-37)36(28(23)39)16-20-14-31-33(4)15-20/h6,9,12-15,19,21,32H,7-8,10-11,16-18H2,1-5H3. The largest absolute Gasteiger partial charge is 0.382 e. The number of benzene rings is 1. The van der Waals surface area contributed by atoms with E-state index in [0.717, 1.165) is 18.4 Å². The number of aryl methyl sites for hydroxylation is 1. The number of fused-ring (bicyclic) bond motifs is 3. The lowest BCUT2D eigenvalue weighted by Gasteiger charge is -2.43. The molecule has 0 spiro atoms. The molecule has 6 rings (SSSR count). The van der Waals surface area contributed by atoms with E-state index >= 15 is 0 Å². The highest BCUT2D eigenvalue weighted by Gasteiger charge is 2.42. The van der Waals surface area contributed by atoms with Gasteiger partial charge in [-0.25, -0.2) is 17.7 Å². The van der Waals surface area contributed by atoms with Crippen LogP contribution < -0.4 is 15.2 Å². The second kappa shape index (κ2) is 10.8. The average molecular weight is 611 g/mol. The molecule has 230 valence electrons. The monoisotopic (exact) mass is 610 g/mol. The zero-order valence-electron chi connectivity index (χ0n) is 25.1. The molecule has 13 nitrogen and oxygen atoms in total. The SMILES string of the molecule is COCC1CN(c2cc(S(=O)(=O)NC3(C)CC3)cc3c(=O)n(Cc4cnn(C)c4)c4ccnn4c23)CCN1C(=O)C(C)C. The topological polar surface area (TPSA) is 136 Å². The number of hydrogen-bond acceptors (Lipinski definition) is 8. The third-order valence-electron chi connectivity index (χ3n) is 8.40. The Morgan fingerprint density at radius 3 is 2.63 bits per heavy atom. The van der Waals surface area contributed by atoms with Crippen LogP contribution in [-0.4, -0.2) is 88.1 Å². The first-order valence-corrected chi connectivity index (χ1v) is 16.0. The van der Waals surface area contributed by atoms with E-state index in [9.17, 15) is 18.0 Å². The minimum Gasteiger partial charge on any atom is -0.382 e. The van der Waals surface area contributed by atoms with E-state index in [1.54, 1.807) is 45.4 Å². The fraction of sp³-hybridized carbons (Fsp3) is 0.517. The second-order valence-electron chi connectivity index (χ2n) is 12.3. The Hall–Kier alpha value is -3.75. The number of hydrogen-bond donors (Lipinski definition) is 1. The molecule has 1 saturated heterocycles. The summed E-state index contributed by atoms with van der Waals surface area (Å²) in [6, 6.07) is 4.60. The Kier molecular flexibility index (Phi) is 7.33. The molecule has 2 aliphatic rings. The molecule has 1 amide bonds.